The first-order valence-electron chi connectivity index (χ1n) is 6.71. The molecule has 0 radical (unpaired) electrons. The predicted octanol–water partition coefficient (Wildman–Crippen LogP) is 4.52. The van der Waals surface area contributed by atoms with E-state index in [1.165, 1.54) is 6.07 Å². The van der Waals surface area contributed by atoms with E-state index in [1.807, 2.05) is 30.3 Å². The predicted molar refractivity (Wildman–Crippen MR) is 83.0 cm³/mol. The van der Waals surface area contributed by atoms with Crippen molar-refractivity contribution in [3.8, 4) is 5.75 Å². The fourth-order valence-electron chi connectivity index (χ4n) is 2.09. The highest BCUT2D eigenvalue weighted by Crippen LogP contribution is 2.31. The minimum atomic E-state index is -0.440. The molecule has 0 bridgehead atoms. The number of hydrogen-bond donors (Lipinski definition) is 0. The molecule has 1 atom stereocenters. The van der Waals surface area contributed by atoms with Gasteiger partial charge < -0.3 is 4.74 Å². The van der Waals surface area contributed by atoms with Gasteiger partial charge in [-0.1, -0.05) is 36.4 Å². The highest BCUT2D eigenvalue weighted by Gasteiger charge is 2.17. The summed E-state index contributed by atoms with van der Waals surface area (Å²) in [7, 11) is 0. The van der Waals surface area contributed by atoms with E-state index in [9.17, 15) is 10.1 Å². The van der Waals surface area contributed by atoms with Crippen LogP contribution < -0.4 is 4.74 Å². The number of alkyl halides is 1. The van der Waals surface area contributed by atoms with Crippen molar-refractivity contribution in [2.75, 3.05) is 6.61 Å². The first-order chi connectivity index (χ1) is 10.1. The monoisotopic (exact) mass is 305 g/mol. The van der Waals surface area contributed by atoms with Gasteiger partial charge in [0.2, 0.25) is 0 Å². The van der Waals surface area contributed by atoms with E-state index >= 15 is 0 Å². The van der Waals surface area contributed by atoms with Gasteiger partial charge in [-0.05, 0) is 30.5 Å². The van der Waals surface area contributed by atoms with Crippen LogP contribution in [0.4, 0.5) is 5.69 Å². The van der Waals surface area contributed by atoms with Crippen LogP contribution in [0, 0.1) is 10.1 Å². The summed E-state index contributed by atoms with van der Waals surface area (Å²) in [5, 5.41) is 10.8. The zero-order valence-corrected chi connectivity index (χ0v) is 12.4. The van der Waals surface area contributed by atoms with Crippen LogP contribution in [0.2, 0.25) is 0 Å². The lowest BCUT2D eigenvalue weighted by Gasteiger charge is -2.11. The fourth-order valence-corrected chi connectivity index (χ4v) is 2.42. The summed E-state index contributed by atoms with van der Waals surface area (Å²) >= 11 is 6.40. The van der Waals surface area contributed by atoms with Gasteiger partial charge >= 0.3 is 5.69 Å². The molecule has 2 rings (SSSR count). The van der Waals surface area contributed by atoms with Gasteiger partial charge in [0, 0.05) is 6.07 Å². The molecule has 5 heteroatoms. The van der Waals surface area contributed by atoms with E-state index in [4.69, 9.17) is 16.3 Å². The average Bonchev–Trinajstić information content (AvgIpc) is 2.48. The Morgan fingerprint density at radius 2 is 1.95 bits per heavy atom. The maximum atomic E-state index is 11.0. The molecule has 0 N–H and O–H groups in total. The molecule has 0 amide bonds. The van der Waals surface area contributed by atoms with E-state index in [-0.39, 0.29) is 16.8 Å². The van der Waals surface area contributed by atoms with Gasteiger partial charge in [-0.25, -0.2) is 0 Å². The number of rotatable bonds is 6. The molecule has 0 saturated carbocycles. The first-order valence-corrected chi connectivity index (χ1v) is 7.14. The Hall–Kier alpha value is -2.07. The lowest BCUT2D eigenvalue weighted by atomic mass is 10.0. The molecular formula is C16H16ClNO3. The quantitative estimate of drug-likeness (QED) is 0.448. The van der Waals surface area contributed by atoms with Crippen LogP contribution in [0.1, 0.15) is 23.4 Å². The van der Waals surface area contributed by atoms with Crippen LogP contribution in [-0.2, 0) is 6.42 Å². The van der Waals surface area contributed by atoms with Crippen molar-refractivity contribution in [3.05, 3.63) is 69.8 Å². The third-order valence-corrected chi connectivity index (χ3v) is 3.50. The van der Waals surface area contributed by atoms with Gasteiger partial charge in [0.1, 0.15) is 0 Å². The fraction of sp³-hybridized carbons (Fsp3) is 0.250. The third-order valence-electron chi connectivity index (χ3n) is 3.10. The molecule has 0 saturated heterocycles. The topological polar surface area (TPSA) is 52.4 Å². The van der Waals surface area contributed by atoms with Crippen LogP contribution in [0.15, 0.2) is 48.5 Å². The molecule has 21 heavy (non-hydrogen) atoms. The molecule has 0 aliphatic carbocycles. The Morgan fingerprint density at radius 1 is 1.24 bits per heavy atom. The molecule has 0 fully saturated rings. The SMILES string of the molecule is CCOc1cc(CC(Cl)c2ccccc2)ccc1[N+](=O)[O-]. The number of nitro benzene ring substituents is 1. The molecule has 0 aliphatic heterocycles. The highest BCUT2D eigenvalue weighted by atomic mass is 35.5. The van der Waals surface area contributed by atoms with Gasteiger partial charge in [0.25, 0.3) is 0 Å². The number of hydrogen-bond acceptors (Lipinski definition) is 3. The Balaban J connectivity index is 2.21. The molecule has 2 aromatic rings. The second-order valence-electron chi connectivity index (χ2n) is 4.57. The molecule has 4 nitrogen and oxygen atoms in total. The van der Waals surface area contributed by atoms with Crippen molar-refractivity contribution in [1.82, 2.24) is 0 Å². The highest BCUT2D eigenvalue weighted by molar-refractivity contribution is 6.20. The van der Waals surface area contributed by atoms with Crippen LogP contribution >= 0.6 is 11.6 Å². The van der Waals surface area contributed by atoms with Crippen molar-refractivity contribution >= 4 is 17.3 Å². The van der Waals surface area contributed by atoms with E-state index in [0.29, 0.717) is 13.0 Å². The summed E-state index contributed by atoms with van der Waals surface area (Å²) in [6.45, 7) is 2.18. The maximum Gasteiger partial charge on any atom is 0.310 e. The zero-order chi connectivity index (χ0) is 15.2. The smallest absolute Gasteiger partial charge is 0.310 e. The maximum absolute atomic E-state index is 11.0. The van der Waals surface area contributed by atoms with E-state index < -0.39 is 4.92 Å². The minimum absolute atomic E-state index is 0.0218. The van der Waals surface area contributed by atoms with Crippen molar-refractivity contribution in [3.63, 3.8) is 0 Å². The van der Waals surface area contributed by atoms with Crippen molar-refractivity contribution < 1.29 is 9.66 Å². The van der Waals surface area contributed by atoms with Crippen LogP contribution in [0.5, 0.6) is 5.75 Å². The zero-order valence-electron chi connectivity index (χ0n) is 11.7. The molecule has 0 aromatic heterocycles. The Morgan fingerprint density at radius 3 is 2.57 bits per heavy atom. The van der Waals surface area contributed by atoms with E-state index in [0.717, 1.165) is 11.1 Å². The molecule has 2 aromatic carbocycles. The van der Waals surface area contributed by atoms with Crippen LogP contribution in [0.25, 0.3) is 0 Å². The van der Waals surface area contributed by atoms with Crippen LogP contribution in [-0.4, -0.2) is 11.5 Å². The van der Waals surface area contributed by atoms with E-state index in [2.05, 4.69) is 0 Å². The largest absolute Gasteiger partial charge is 0.487 e. The molecular weight excluding hydrogens is 290 g/mol. The Kier molecular flexibility index (Phi) is 5.17. The normalized spacial score (nSPS) is 11.9. The Bertz CT molecular complexity index is 616. The number of nitrogens with zero attached hydrogens (tertiary/aromatic N) is 1. The number of ether oxygens (including phenoxy) is 1. The van der Waals surface area contributed by atoms with Crippen molar-refractivity contribution in [2.45, 2.75) is 18.7 Å². The summed E-state index contributed by atoms with van der Waals surface area (Å²) in [6, 6.07) is 14.6. The van der Waals surface area contributed by atoms with Gasteiger partial charge in [0.15, 0.2) is 5.75 Å². The summed E-state index contributed by atoms with van der Waals surface area (Å²) < 4.78 is 5.34. The molecule has 1 unspecified atom stereocenters. The van der Waals surface area contributed by atoms with Crippen molar-refractivity contribution in [1.29, 1.82) is 0 Å². The summed E-state index contributed by atoms with van der Waals surface area (Å²) in [5.41, 5.74) is 1.91. The standard InChI is InChI=1S/C16H16ClNO3/c1-2-21-16-11-12(8-9-15(16)18(19)20)10-14(17)13-6-4-3-5-7-13/h3-9,11,14H,2,10H2,1H3. The van der Waals surface area contributed by atoms with Gasteiger partial charge in [-0.3, -0.25) is 10.1 Å². The second-order valence-corrected chi connectivity index (χ2v) is 5.10. The number of halogens is 1. The first kappa shape index (κ1) is 15.3. The lowest BCUT2D eigenvalue weighted by Crippen LogP contribution is -2.00. The average molecular weight is 306 g/mol. The number of nitro groups is 1. The third kappa shape index (κ3) is 3.95. The molecule has 0 spiro atoms. The van der Waals surface area contributed by atoms with Crippen LogP contribution in [0.3, 0.4) is 0 Å². The Labute approximate surface area is 128 Å². The number of benzene rings is 2. The summed E-state index contributed by atoms with van der Waals surface area (Å²) in [4.78, 5) is 10.5. The lowest BCUT2D eigenvalue weighted by molar-refractivity contribution is -0.385. The summed E-state index contributed by atoms with van der Waals surface area (Å²) in [6.07, 6.45) is 0.587. The molecule has 0 aliphatic rings. The molecule has 110 valence electrons. The van der Waals surface area contributed by atoms with Gasteiger partial charge in [-0.2, -0.15) is 0 Å². The van der Waals surface area contributed by atoms with E-state index in [1.54, 1.807) is 19.1 Å². The van der Waals surface area contributed by atoms with Gasteiger partial charge in [-0.15, -0.1) is 11.6 Å². The van der Waals surface area contributed by atoms with Crippen molar-refractivity contribution in [2.24, 2.45) is 0 Å². The van der Waals surface area contributed by atoms with Gasteiger partial charge in [0.05, 0.1) is 16.9 Å². The molecule has 0 heterocycles. The second kappa shape index (κ2) is 7.09. The minimum Gasteiger partial charge on any atom is -0.487 e. The summed E-state index contributed by atoms with van der Waals surface area (Å²) in [5.74, 6) is 0.289.